The Morgan fingerprint density at radius 3 is 2.23 bits per heavy atom. The topological polar surface area (TPSA) is 95.9 Å². The van der Waals surface area contributed by atoms with E-state index in [1.165, 1.54) is 11.1 Å². The Bertz CT molecular complexity index is 1090. The van der Waals surface area contributed by atoms with Crippen LogP contribution in [0.4, 0.5) is 4.79 Å². The number of aliphatic carboxylic acids is 1. The summed E-state index contributed by atoms with van der Waals surface area (Å²) in [5, 5.41) is 12.4. The molecular formula is C28H32N2O5. The van der Waals surface area contributed by atoms with Gasteiger partial charge in [0.05, 0.1) is 11.8 Å². The number of hydrogen-bond acceptors (Lipinski definition) is 4. The number of hydrogen-bond donors (Lipinski definition) is 2. The summed E-state index contributed by atoms with van der Waals surface area (Å²) in [5.41, 5.74) is 4.66. The van der Waals surface area contributed by atoms with E-state index in [4.69, 9.17) is 4.74 Å². The number of benzene rings is 2. The van der Waals surface area contributed by atoms with Crippen LogP contribution in [-0.4, -0.2) is 53.2 Å². The van der Waals surface area contributed by atoms with E-state index in [0.29, 0.717) is 32.2 Å². The van der Waals surface area contributed by atoms with Gasteiger partial charge in [0, 0.05) is 24.5 Å². The number of piperidine rings is 1. The van der Waals surface area contributed by atoms with E-state index in [1.54, 1.807) is 4.90 Å². The number of likely N-dealkylation sites (tertiary alicyclic amines) is 1. The van der Waals surface area contributed by atoms with Gasteiger partial charge in [0.15, 0.2) is 0 Å². The molecule has 2 N–H and O–H groups in total. The van der Waals surface area contributed by atoms with Crippen molar-refractivity contribution in [3.8, 4) is 11.1 Å². The maximum atomic E-state index is 13.4. The number of fused-ring (bicyclic) bond motifs is 3. The highest BCUT2D eigenvalue weighted by molar-refractivity contribution is 5.83. The minimum absolute atomic E-state index is 0.0173. The fourth-order valence-electron chi connectivity index (χ4n) is 6.22. The normalized spacial score (nSPS) is 25.6. The van der Waals surface area contributed by atoms with Crippen LogP contribution in [0.2, 0.25) is 0 Å². The summed E-state index contributed by atoms with van der Waals surface area (Å²) in [7, 11) is 0. The zero-order valence-electron chi connectivity index (χ0n) is 20.0. The Labute approximate surface area is 205 Å². The summed E-state index contributed by atoms with van der Waals surface area (Å²) in [6, 6.07) is 15.8. The van der Waals surface area contributed by atoms with Gasteiger partial charge < -0.3 is 20.1 Å². The highest BCUT2D eigenvalue weighted by Crippen LogP contribution is 2.44. The van der Waals surface area contributed by atoms with E-state index in [0.717, 1.165) is 17.5 Å². The van der Waals surface area contributed by atoms with Crippen molar-refractivity contribution in [3.05, 3.63) is 59.7 Å². The molecule has 2 aliphatic carbocycles. The molecule has 1 saturated heterocycles. The Balaban J connectivity index is 1.22. The first-order valence-electron chi connectivity index (χ1n) is 12.6. The van der Waals surface area contributed by atoms with E-state index < -0.39 is 18.0 Å². The summed E-state index contributed by atoms with van der Waals surface area (Å²) in [6.45, 7) is 2.62. The van der Waals surface area contributed by atoms with Crippen LogP contribution in [0.25, 0.3) is 11.1 Å². The van der Waals surface area contributed by atoms with Crippen LogP contribution in [0.5, 0.6) is 0 Å². The summed E-state index contributed by atoms with van der Waals surface area (Å²) >= 11 is 0. The number of nitrogens with one attached hydrogen (secondary N) is 1. The SMILES string of the molecule is C[C@H]1[C@@H](C(=O)O)CCCN1C(=O)C1CCCC1NC(=O)OCC1c2ccccc2-c2ccccc21. The molecule has 7 heteroatoms. The number of alkyl carbamates (subject to hydrolysis) is 1. The van der Waals surface area contributed by atoms with Crippen LogP contribution in [0, 0.1) is 11.8 Å². The van der Waals surface area contributed by atoms with Crippen molar-refractivity contribution in [2.45, 2.75) is 57.0 Å². The lowest BCUT2D eigenvalue weighted by atomic mass is 9.88. The molecule has 1 heterocycles. The summed E-state index contributed by atoms with van der Waals surface area (Å²) in [6.07, 6.45) is 3.01. The summed E-state index contributed by atoms with van der Waals surface area (Å²) in [4.78, 5) is 39.4. The molecule has 0 bridgehead atoms. The van der Waals surface area contributed by atoms with Gasteiger partial charge in [-0.25, -0.2) is 4.79 Å². The number of carboxylic acids is 1. The van der Waals surface area contributed by atoms with Crippen LogP contribution < -0.4 is 5.32 Å². The predicted molar refractivity (Wildman–Crippen MR) is 131 cm³/mol. The van der Waals surface area contributed by atoms with E-state index in [1.807, 2.05) is 31.2 Å². The first-order valence-corrected chi connectivity index (χ1v) is 12.6. The average Bonchev–Trinajstić information content (AvgIpc) is 3.44. The lowest BCUT2D eigenvalue weighted by Gasteiger charge is -2.39. The fourth-order valence-corrected chi connectivity index (χ4v) is 6.22. The van der Waals surface area contributed by atoms with Crippen LogP contribution in [-0.2, 0) is 14.3 Å². The average molecular weight is 477 g/mol. The molecule has 2 unspecified atom stereocenters. The zero-order valence-corrected chi connectivity index (χ0v) is 20.0. The van der Waals surface area contributed by atoms with Crippen molar-refractivity contribution in [2.24, 2.45) is 11.8 Å². The Kier molecular flexibility index (Phi) is 6.50. The fraction of sp³-hybridized carbons (Fsp3) is 0.464. The summed E-state index contributed by atoms with van der Waals surface area (Å²) in [5.74, 6) is -1.80. The van der Waals surface area contributed by atoms with Gasteiger partial charge in [0.2, 0.25) is 5.91 Å². The van der Waals surface area contributed by atoms with Crippen LogP contribution in [0.1, 0.15) is 56.1 Å². The van der Waals surface area contributed by atoms with E-state index in [2.05, 4.69) is 29.6 Å². The molecule has 0 spiro atoms. The minimum Gasteiger partial charge on any atom is -0.481 e. The van der Waals surface area contributed by atoms with Gasteiger partial charge in [0.1, 0.15) is 6.61 Å². The number of amides is 2. The standard InChI is InChI=1S/C28H32N2O5/c1-17-18(27(32)33)13-7-15-30(17)26(31)23-12-6-14-25(23)29-28(34)35-16-24-21-10-4-2-8-19(21)20-9-3-5-11-22(20)24/h2-5,8-11,17-18,23-25H,6-7,12-16H2,1H3,(H,29,34)(H,32,33)/t17-,18-,23?,25?/m0/s1. The quantitative estimate of drug-likeness (QED) is 0.667. The summed E-state index contributed by atoms with van der Waals surface area (Å²) < 4.78 is 5.69. The number of ether oxygens (including phenoxy) is 1. The van der Waals surface area contributed by atoms with Crippen LogP contribution in [0.15, 0.2) is 48.5 Å². The second-order valence-corrected chi connectivity index (χ2v) is 9.97. The molecule has 2 aromatic carbocycles. The molecule has 4 atom stereocenters. The largest absolute Gasteiger partial charge is 0.481 e. The molecule has 0 aromatic heterocycles. The molecular weight excluding hydrogens is 444 g/mol. The Hall–Kier alpha value is -3.35. The smallest absolute Gasteiger partial charge is 0.407 e. The van der Waals surface area contributed by atoms with Crippen molar-refractivity contribution in [2.75, 3.05) is 13.2 Å². The molecule has 0 radical (unpaired) electrons. The van der Waals surface area contributed by atoms with E-state index >= 15 is 0 Å². The van der Waals surface area contributed by atoms with Gasteiger partial charge in [-0.1, -0.05) is 55.0 Å². The highest BCUT2D eigenvalue weighted by atomic mass is 16.5. The van der Waals surface area contributed by atoms with Crippen molar-refractivity contribution in [1.82, 2.24) is 10.2 Å². The Morgan fingerprint density at radius 2 is 1.57 bits per heavy atom. The third-order valence-corrected chi connectivity index (χ3v) is 8.07. The monoisotopic (exact) mass is 476 g/mol. The van der Waals surface area contributed by atoms with Crippen LogP contribution in [0.3, 0.4) is 0 Å². The molecule has 2 fully saturated rings. The van der Waals surface area contributed by atoms with E-state index in [-0.39, 0.29) is 36.4 Å². The first-order chi connectivity index (χ1) is 17.0. The molecule has 2 aromatic rings. The number of carbonyl (C=O) groups excluding carboxylic acids is 2. The molecule has 1 saturated carbocycles. The minimum atomic E-state index is -0.852. The van der Waals surface area contributed by atoms with Gasteiger partial charge in [-0.3, -0.25) is 9.59 Å². The molecule has 7 nitrogen and oxygen atoms in total. The second-order valence-electron chi connectivity index (χ2n) is 9.97. The van der Waals surface area contributed by atoms with Gasteiger partial charge in [-0.2, -0.15) is 0 Å². The van der Waals surface area contributed by atoms with E-state index in [9.17, 15) is 19.5 Å². The van der Waals surface area contributed by atoms with Gasteiger partial charge in [0.25, 0.3) is 0 Å². The van der Waals surface area contributed by atoms with Gasteiger partial charge in [-0.05, 0) is 54.9 Å². The number of carbonyl (C=O) groups is 3. The van der Waals surface area contributed by atoms with Gasteiger partial charge >= 0.3 is 12.1 Å². The van der Waals surface area contributed by atoms with Crippen molar-refractivity contribution < 1.29 is 24.2 Å². The lowest BCUT2D eigenvalue weighted by Crippen LogP contribution is -2.53. The number of rotatable bonds is 5. The molecule has 1 aliphatic heterocycles. The third-order valence-electron chi connectivity index (χ3n) is 8.07. The van der Waals surface area contributed by atoms with Crippen molar-refractivity contribution in [1.29, 1.82) is 0 Å². The lowest BCUT2D eigenvalue weighted by molar-refractivity contribution is -0.150. The Morgan fingerprint density at radius 1 is 0.943 bits per heavy atom. The molecule has 2 amide bonds. The zero-order chi connectivity index (χ0) is 24.5. The van der Waals surface area contributed by atoms with Gasteiger partial charge in [-0.15, -0.1) is 0 Å². The van der Waals surface area contributed by atoms with Crippen molar-refractivity contribution in [3.63, 3.8) is 0 Å². The second kappa shape index (κ2) is 9.72. The third kappa shape index (κ3) is 4.40. The maximum absolute atomic E-state index is 13.4. The molecule has 5 rings (SSSR count). The van der Waals surface area contributed by atoms with Crippen LogP contribution >= 0.6 is 0 Å². The highest BCUT2D eigenvalue weighted by Gasteiger charge is 2.42. The maximum Gasteiger partial charge on any atom is 0.407 e. The first kappa shape index (κ1) is 23.4. The molecule has 35 heavy (non-hydrogen) atoms. The molecule has 184 valence electrons. The van der Waals surface area contributed by atoms with Crippen molar-refractivity contribution >= 4 is 18.0 Å². The molecule has 3 aliphatic rings. The number of nitrogens with zero attached hydrogens (tertiary/aromatic N) is 1. The number of carboxylic acid groups (broad SMARTS) is 1. The predicted octanol–water partition coefficient (Wildman–Crippen LogP) is 4.41.